The zero-order valence-corrected chi connectivity index (χ0v) is 12.5. The summed E-state index contributed by atoms with van der Waals surface area (Å²) in [5.74, 6) is 0. The number of rotatable bonds is 4. The second kappa shape index (κ2) is 6.53. The Bertz CT molecular complexity index is 389. The molecule has 106 valence electrons. The van der Waals surface area contributed by atoms with Gasteiger partial charge < -0.3 is 10.0 Å². The van der Waals surface area contributed by atoms with Gasteiger partial charge in [0.1, 0.15) is 0 Å². The Morgan fingerprint density at radius 2 is 1.68 bits per heavy atom. The van der Waals surface area contributed by atoms with Crippen molar-refractivity contribution >= 4 is 0 Å². The van der Waals surface area contributed by atoms with Crippen LogP contribution in [0.1, 0.15) is 54.9 Å². The van der Waals surface area contributed by atoms with Gasteiger partial charge in [-0.15, -0.1) is 0 Å². The molecule has 1 saturated carbocycles. The molecule has 2 heteroatoms. The van der Waals surface area contributed by atoms with E-state index >= 15 is 0 Å². The predicted octanol–water partition coefficient (Wildman–Crippen LogP) is 3.60. The summed E-state index contributed by atoms with van der Waals surface area (Å²) in [6, 6.07) is 7.02. The molecule has 0 aliphatic heterocycles. The summed E-state index contributed by atoms with van der Waals surface area (Å²) in [6.07, 6.45) is 6.27. The van der Waals surface area contributed by atoms with Crippen molar-refractivity contribution in [2.24, 2.45) is 0 Å². The van der Waals surface area contributed by atoms with Crippen LogP contribution in [-0.2, 0) is 0 Å². The highest BCUT2D eigenvalue weighted by atomic mass is 16.3. The highest BCUT2D eigenvalue weighted by Crippen LogP contribution is 2.24. The fourth-order valence-corrected chi connectivity index (χ4v) is 3.25. The minimum atomic E-state index is -0.370. The smallest absolute Gasteiger partial charge is 0.0917 e. The summed E-state index contributed by atoms with van der Waals surface area (Å²) in [6.45, 7) is 4.93. The van der Waals surface area contributed by atoms with Gasteiger partial charge in [0, 0.05) is 12.6 Å². The second-order valence-corrected chi connectivity index (χ2v) is 6.17. The number of aryl methyl sites for hydroxylation is 2. The zero-order chi connectivity index (χ0) is 13.8. The van der Waals surface area contributed by atoms with E-state index in [0.29, 0.717) is 6.04 Å². The number of likely N-dealkylation sites (N-methyl/N-ethyl adjacent to an activating group) is 1. The van der Waals surface area contributed by atoms with Crippen LogP contribution in [0.5, 0.6) is 0 Å². The van der Waals surface area contributed by atoms with Gasteiger partial charge in [0.05, 0.1) is 6.10 Å². The van der Waals surface area contributed by atoms with Crippen molar-refractivity contribution < 1.29 is 5.11 Å². The van der Waals surface area contributed by atoms with Crippen molar-refractivity contribution in [2.45, 2.75) is 58.1 Å². The second-order valence-electron chi connectivity index (χ2n) is 6.17. The highest BCUT2D eigenvalue weighted by Gasteiger charge is 2.20. The Morgan fingerprint density at radius 1 is 1.11 bits per heavy atom. The Balaban J connectivity index is 1.97. The molecule has 19 heavy (non-hydrogen) atoms. The van der Waals surface area contributed by atoms with Crippen molar-refractivity contribution in [3.8, 4) is 0 Å². The van der Waals surface area contributed by atoms with E-state index in [2.05, 4.69) is 44.0 Å². The van der Waals surface area contributed by atoms with Crippen molar-refractivity contribution in [1.82, 2.24) is 4.90 Å². The first-order valence-electron chi connectivity index (χ1n) is 7.53. The topological polar surface area (TPSA) is 23.5 Å². The largest absolute Gasteiger partial charge is 0.387 e. The van der Waals surface area contributed by atoms with E-state index in [9.17, 15) is 5.11 Å². The Labute approximate surface area is 117 Å². The number of aliphatic hydroxyl groups is 1. The summed E-state index contributed by atoms with van der Waals surface area (Å²) in [4.78, 5) is 2.35. The van der Waals surface area contributed by atoms with E-state index in [4.69, 9.17) is 0 Å². The summed E-state index contributed by atoms with van der Waals surface area (Å²) >= 11 is 0. The Kier molecular flexibility index (Phi) is 5.00. The molecular weight excluding hydrogens is 234 g/mol. The number of benzene rings is 1. The van der Waals surface area contributed by atoms with Gasteiger partial charge in [-0.05, 0) is 39.3 Å². The van der Waals surface area contributed by atoms with Gasteiger partial charge >= 0.3 is 0 Å². The van der Waals surface area contributed by atoms with Gasteiger partial charge in [0.15, 0.2) is 0 Å². The van der Waals surface area contributed by atoms with Crippen LogP contribution >= 0.6 is 0 Å². The van der Waals surface area contributed by atoms with Crippen LogP contribution in [0.2, 0.25) is 0 Å². The molecule has 1 aromatic rings. The minimum Gasteiger partial charge on any atom is -0.387 e. The van der Waals surface area contributed by atoms with Gasteiger partial charge in [-0.2, -0.15) is 0 Å². The van der Waals surface area contributed by atoms with Gasteiger partial charge in [-0.1, -0.05) is 48.6 Å². The van der Waals surface area contributed by atoms with Gasteiger partial charge in [-0.3, -0.25) is 0 Å². The maximum absolute atomic E-state index is 10.4. The standard InChI is InChI=1S/C17H27NO/c1-13-9-14(2)11-15(10-13)17(19)12-18(3)16-7-5-4-6-8-16/h9-11,16-17,19H,4-8,12H2,1-3H3. The lowest BCUT2D eigenvalue weighted by molar-refractivity contribution is 0.0913. The lowest BCUT2D eigenvalue weighted by atomic mass is 9.94. The summed E-state index contributed by atoms with van der Waals surface area (Å²) < 4.78 is 0. The SMILES string of the molecule is Cc1cc(C)cc(C(O)CN(C)C2CCCCC2)c1. The molecule has 0 amide bonds. The molecule has 1 aliphatic rings. The molecule has 1 atom stereocenters. The first-order chi connectivity index (χ1) is 9.06. The molecule has 0 spiro atoms. The zero-order valence-electron chi connectivity index (χ0n) is 12.5. The molecule has 1 aromatic carbocycles. The Morgan fingerprint density at radius 3 is 2.26 bits per heavy atom. The number of hydrogen-bond acceptors (Lipinski definition) is 2. The van der Waals surface area contributed by atoms with E-state index in [1.54, 1.807) is 0 Å². The monoisotopic (exact) mass is 261 g/mol. The summed E-state index contributed by atoms with van der Waals surface area (Å²) in [7, 11) is 2.15. The third-order valence-corrected chi connectivity index (χ3v) is 4.29. The minimum absolute atomic E-state index is 0.370. The van der Waals surface area contributed by atoms with E-state index in [1.165, 1.54) is 43.2 Å². The molecule has 1 unspecified atom stereocenters. The van der Waals surface area contributed by atoms with Gasteiger partial charge in [0.2, 0.25) is 0 Å². The molecule has 1 fully saturated rings. The highest BCUT2D eigenvalue weighted by molar-refractivity contribution is 5.30. The van der Waals surface area contributed by atoms with Crippen molar-refractivity contribution in [3.63, 3.8) is 0 Å². The van der Waals surface area contributed by atoms with Crippen molar-refractivity contribution in [3.05, 3.63) is 34.9 Å². The van der Waals surface area contributed by atoms with Gasteiger partial charge in [0.25, 0.3) is 0 Å². The molecule has 0 bridgehead atoms. The maximum Gasteiger partial charge on any atom is 0.0917 e. The lowest BCUT2D eigenvalue weighted by Crippen LogP contribution is -2.36. The average molecular weight is 261 g/mol. The molecule has 1 aliphatic carbocycles. The number of aliphatic hydroxyl groups excluding tert-OH is 1. The summed E-state index contributed by atoms with van der Waals surface area (Å²) in [5, 5.41) is 10.4. The maximum atomic E-state index is 10.4. The van der Waals surface area contributed by atoms with Crippen molar-refractivity contribution in [2.75, 3.05) is 13.6 Å². The molecule has 2 nitrogen and oxygen atoms in total. The molecule has 1 N–H and O–H groups in total. The fraction of sp³-hybridized carbons (Fsp3) is 0.647. The fourth-order valence-electron chi connectivity index (χ4n) is 3.25. The van der Waals surface area contributed by atoms with Crippen LogP contribution in [0.25, 0.3) is 0 Å². The van der Waals surface area contributed by atoms with Crippen LogP contribution in [0.4, 0.5) is 0 Å². The van der Waals surface area contributed by atoms with E-state index in [-0.39, 0.29) is 6.10 Å². The van der Waals surface area contributed by atoms with Crippen molar-refractivity contribution in [1.29, 1.82) is 0 Å². The van der Waals surface area contributed by atoms with E-state index in [1.807, 2.05) is 0 Å². The van der Waals surface area contributed by atoms with Crippen LogP contribution in [-0.4, -0.2) is 29.6 Å². The Hall–Kier alpha value is -0.860. The van der Waals surface area contributed by atoms with Crippen LogP contribution in [0.3, 0.4) is 0 Å². The molecule has 0 aromatic heterocycles. The van der Waals surface area contributed by atoms with E-state index < -0.39 is 0 Å². The predicted molar refractivity (Wildman–Crippen MR) is 80.4 cm³/mol. The molecule has 0 saturated heterocycles. The quantitative estimate of drug-likeness (QED) is 0.895. The van der Waals surface area contributed by atoms with Crippen LogP contribution in [0.15, 0.2) is 18.2 Å². The average Bonchev–Trinajstić information content (AvgIpc) is 2.38. The first kappa shape index (κ1) is 14.5. The normalized spacial score (nSPS) is 18.8. The van der Waals surface area contributed by atoms with E-state index in [0.717, 1.165) is 12.1 Å². The third kappa shape index (κ3) is 4.05. The third-order valence-electron chi connectivity index (χ3n) is 4.29. The number of nitrogens with zero attached hydrogens (tertiary/aromatic N) is 1. The lowest BCUT2D eigenvalue weighted by Gasteiger charge is -2.32. The number of hydrogen-bond donors (Lipinski definition) is 1. The molecule has 2 rings (SSSR count). The van der Waals surface area contributed by atoms with Gasteiger partial charge in [-0.25, -0.2) is 0 Å². The van der Waals surface area contributed by atoms with Crippen LogP contribution in [0, 0.1) is 13.8 Å². The molecule has 0 heterocycles. The molecular formula is C17H27NO. The molecule has 0 radical (unpaired) electrons. The first-order valence-corrected chi connectivity index (χ1v) is 7.53. The summed E-state index contributed by atoms with van der Waals surface area (Å²) in [5.41, 5.74) is 3.52. The van der Waals surface area contributed by atoms with Crippen LogP contribution < -0.4 is 0 Å².